The van der Waals surface area contributed by atoms with Crippen LogP contribution in [0.4, 0.5) is 11.4 Å². The van der Waals surface area contributed by atoms with E-state index in [0.717, 1.165) is 0 Å². The summed E-state index contributed by atoms with van der Waals surface area (Å²) in [6, 6.07) is 20.3. The fourth-order valence-electron chi connectivity index (χ4n) is 4.42. The van der Waals surface area contributed by atoms with Gasteiger partial charge in [0.1, 0.15) is 11.7 Å². The summed E-state index contributed by atoms with van der Waals surface area (Å²) in [5.41, 5.74) is 1.84. The van der Waals surface area contributed by atoms with Gasteiger partial charge >= 0.3 is 0 Å². The SMILES string of the molecule is COc1ccc(N2C(=O)[C@@H]3[C@H](ON(c4ccccc4)[C@@H]3c3ccc(O)c(OC)c3)C2=O)cc1. The van der Waals surface area contributed by atoms with Gasteiger partial charge in [0.25, 0.3) is 5.91 Å². The van der Waals surface area contributed by atoms with Crippen LogP contribution in [0.15, 0.2) is 72.8 Å². The third-order valence-electron chi connectivity index (χ3n) is 6.00. The molecule has 1 N–H and O–H groups in total. The molecule has 2 fully saturated rings. The second-order valence-electron chi connectivity index (χ2n) is 7.80. The number of amides is 2. The van der Waals surface area contributed by atoms with Crippen molar-refractivity contribution in [3.05, 3.63) is 78.4 Å². The Kier molecular flexibility index (Phi) is 5.14. The van der Waals surface area contributed by atoms with Gasteiger partial charge in [-0.2, -0.15) is 0 Å². The number of rotatable bonds is 5. The van der Waals surface area contributed by atoms with Crippen LogP contribution in [0.3, 0.4) is 0 Å². The standard InChI is InChI=1S/C25H22N2O6/c1-31-18-11-9-16(10-12-18)26-24(29)21-22(15-8-13-19(28)20(14-15)32-2)27(33-23(21)25(26)30)17-6-4-3-5-7-17/h3-14,21-23,28H,1-2H3/t21-,22+,23-/m0/s1. The highest BCUT2D eigenvalue weighted by atomic mass is 16.7. The number of anilines is 2. The Bertz CT molecular complexity index is 1200. The molecule has 0 spiro atoms. The lowest BCUT2D eigenvalue weighted by Crippen LogP contribution is -2.37. The number of benzene rings is 3. The van der Waals surface area contributed by atoms with Crippen LogP contribution in [0.25, 0.3) is 0 Å². The number of ether oxygens (including phenoxy) is 2. The average molecular weight is 446 g/mol. The Balaban J connectivity index is 1.58. The molecule has 5 rings (SSSR count). The fourth-order valence-corrected chi connectivity index (χ4v) is 4.42. The Morgan fingerprint density at radius 1 is 0.848 bits per heavy atom. The molecular weight excluding hydrogens is 424 g/mol. The smallest absolute Gasteiger partial charge is 0.266 e. The molecule has 2 aliphatic rings. The minimum atomic E-state index is -0.982. The molecule has 2 amide bonds. The monoisotopic (exact) mass is 446 g/mol. The lowest BCUT2D eigenvalue weighted by Gasteiger charge is -2.29. The second-order valence-corrected chi connectivity index (χ2v) is 7.80. The van der Waals surface area contributed by atoms with Gasteiger partial charge in [-0.3, -0.25) is 14.4 Å². The van der Waals surface area contributed by atoms with E-state index in [9.17, 15) is 14.7 Å². The molecule has 0 aliphatic carbocycles. The zero-order valence-electron chi connectivity index (χ0n) is 18.0. The number of carbonyl (C=O) groups excluding carboxylic acids is 2. The van der Waals surface area contributed by atoms with Gasteiger partial charge in [0, 0.05) is 0 Å². The minimum absolute atomic E-state index is 0.0170. The largest absolute Gasteiger partial charge is 0.504 e. The number of para-hydroxylation sites is 1. The molecule has 3 aromatic carbocycles. The zero-order chi connectivity index (χ0) is 23.1. The summed E-state index contributed by atoms with van der Waals surface area (Å²) < 4.78 is 10.5. The highest BCUT2D eigenvalue weighted by molar-refractivity contribution is 6.23. The molecule has 8 heteroatoms. The molecule has 168 valence electrons. The van der Waals surface area contributed by atoms with Crippen molar-refractivity contribution >= 4 is 23.2 Å². The number of fused-ring (bicyclic) bond motifs is 1. The van der Waals surface area contributed by atoms with Gasteiger partial charge in [-0.1, -0.05) is 24.3 Å². The van der Waals surface area contributed by atoms with Gasteiger partial charge in [-0.15, -0.1) is 0 Å². The summed E-state index contributed by atoms with van der Waals surface area (Å²) in [6.07, 6.45) is -0.982. The van der Waals surface area contributed by atoms with E-state index in [1.54, 1.807) is 48.6 Å². The number of aromatic hydroxyl groups is 1. The van der Waals surface area contributed by atoms with E-state index in [0.29, 0.717) is 22.7 Å². The number of imide groups is 1. The minimum Gasteiger partial charge on any atom is -0.504 e. The highest BCUT2D eigenvalue weighted by Gasteiger charge is 2.60. The summed E-state index contributed by atoms with van der Waals surface area (Å²) in [7, 11) is 3.01. The second kappa shape index (κ2) is 8.14. The third-order valence-corrected chi connectivity index (χ3v) is 6.00. The Labute approximate surface area is 190 Å². The summed E-state index contributed by atoms with van der Waals surface area (Å²) in [5.74, 6) is -0.688. The third kappa shape index (κ3) is 3.35. The number of hydrogen-bond donors (Lipinski definition) is 1. The maximum atomic E-state index is 13.6. The predicted octanol–water partition coefficient (Wildman–Crippen LogP) is 3.46. The van der Waals surface area contributed by atoms with Gasteiger partial charge in [0.05, 0.1) is 31.6 Å². The number of phenols is 1. The van der Waals surface area contributed by atoms with Crippen LogP contribution < -0.4 is 19.4 Å². The molecule has 33 heavy (non-hydrogen) atoms. The van der Waals surface area contributed by atoms with Gasteiger partial charge in [-0.05, 0) is 54.1 Å². The van der Waals surface area contributed by atoms with E-state index in [4.69, 9.17) is 14.3 Å². The van der Waals surface area contributed by atoms with Crippen molar-refractivity contribution in [1.29, 1.82) is 0 Å². The molecule has 8 nitrogen and oxygen atoms in total. The number of nitrogens with zero attached hydrogens (tertiary/aromatic N) is 2. The quantitative estimate of drug-likeness (QED) is 0.601. The van der Waals surface area contributed by atoms with Crippen LogP contribution in [0.1, 0.15) is 11.6 Å². The number of hydrogen-bond acceptors (Lipinski definition) is 7. The summed E-state index contributed by atoms with van der Waals surface area (Å²) in [6.45, 7) is 0. The molecule has 0 bridgehead atoms. The first-order valence-corrected chi connectivity index (χ1v) is 10.4. The van der Waals surface area contributed by atoms with E-state index in [1.165, 1.54) is 18.1 Å². The zero-order valence-corrected chi connectivity index (χ0v) is 18.0. The molecule has 2 saturated heterocycles. The molecule has 0 aromatic heterocycles. The molecular formula is C25H22N2O6. The Morgan fingerprint density at radius 3 is 2.24 bits per heavy atom. The van der Waals surface area contributed by atoms with E-state index in [-0.39, 0.29) is 17.4 Å². The van der Waals surface area contributed by atoms with Crippen molar-refractivity contribution in [2.75, 3.05) is 24.2 Å². The van der Waals surface area contributed by atoms with Gasteiger partial charge in [-0.25, -0.2) is 9.96 Å². The van der Waals surface area contributed by atoms with Gasteiger partial charge in [0.2, 0.25) is 5.91 Å². The first-order chi connectivity index (χ1) is 16.0. The molecule has 3 aromatic rings. The summed E-state index contributed by atoms with van der Waals surface area (Å²) >= 11 is 0. The first kappa shape index (κ1) is 20.8. The normalized spacial score (nSPS) is 21.9. The van der Waals surface area contributed by atoms with Crippen molar-refractivity contribution < 1.29 is 29.0 Å². The van der Waals surface area contributed by atoms with Gasteiger partial charge in [0.15, 0.2) is 17.6 Å². The first-order valence-electron chi connectivity index (χ1n) is 10.4. The molecule has 2 aliphatic heterocycles. The maximum Gasteiger partial charge on any atom is 0.266 e. The topological polar surface area (TPSA) is 88.5 Å². The van der Waals surface area contributed by atoms with Crippen molar-refractivity contribution in [3.8, 4) is 17.2 Å². The number of phenolic OH excluding ortho intramolecular Hbond substituents is 1. The van der Waals surface area contributed by atoms with Crippen LogP contribution in [-0.4, -0.2) is 37.2 Å². The van der Waals surface area contributed by atoms with Crippen molar-refractivity contribution in [2.24, 2.45) is 5.92 Å². The molecule has 0 saturated carbocycles. The Morgan fingerprint density at radius 2 is 1.58 bits per heavy atom. The van der Waals surface area contributed by atoms with Crippen molar-refractivity contribution in [2.45, 2.75) is 12.1 Å². The Hall–Kier alpha value is -4.04. The average Bonchev–Trinajstić information content (AvgIpc) is 3.36. The fraction of sp³-hybridized carbons (Fsp3) is 0.200. The van der Waals surface area contributed by atoms with E-state index in [1.807, 2.05) is 30.3 Å². The molecule has 0 unspecified atom stereocenters. The highest BCUT2D eigenvalue weighted by Crippen LogP contribution is 2.48. The van der Waals surface area contributed by atoms with E-state index < -0.39 is 24.0 Å². The van der Waals surface area contributed by atoms with E-state index in [2.05, 4.69) is 0 Å². The van der Waals surface area contributed by atoms with Crippen molar-refractivity contribution in [1.82, 2.24) is 0 Å². The molecule has 2 heterocycles. The lowest BCUT2D eigenvalue weighted by molar-refractivity contribution is -0.126. The van der Waals surface area contributed by atoms with Crippen LogP contribution >= 0.6 is 0 Å². The van der Waals surface area contributed by atoms with Crippen LogP contribution in [0, 0.1) is 5.92 Å². The number of carbonyl (C=O) groups is 2. The predicted molar refractivity (Wildman–Crippen MR) is 120 cm³/mol. The molecule has 0 radical (unpaired) electrons. The summed E-state index contributed by atoms with van der Waals surface area (Å²) in [5, 5.41) is 11.7. The van der Waals surface area contributed by atoms with Crippen molar-refractivity contribution in [3.63, 3.8) is 0 Å². The lowest BCUT2D eigenvalue weighted by atomic mass is 9.90. The summed E-state index contributed by atoms with van der Waals surface area (Å²) in [4.78, 5) is 34.2. The number of methoxy groups -OCH3 is 2. The van der Waals surface area contributed by atoms with Gasteiger partial charge < -0.3 is 14.6 Å². The number of hydroxylamine groups is 1. The van der Waals surface area contributed by atoms with Crippen LogP contribution in [0.5, 0.6) is 17.2 Å². The van der Waals surface area contributed by atoms with Crippen LogP contribution in [-0.2, 0) is 14.4 Å². The van der Waals surface area contributed by atoms with E-state index >= 15 is 0 Å². The molecule has 3 atom stereocenters. The van der Waals surface area contributed by atoms with Crippen LogP contribution in [0.2, 0.25) is 0 Å². The maximum absolute atomic E-state index is 13.6.